The Morgan fingerprint density at radius 3 is 1.60 bits per heavy atom. The van der Waals surface area contributed by atoms with Crippen molar-refractivity contribution >= 4 is 33.0 Å². The fourth-order valence-electron chi connectivity index (χ4n) is 3.28. The Balaban J connectivity index is 2.19. The molecule has 0 heterocycles. The van der Waals surface area contributed by atoms with Crippen LogP contribution in [0, 0.1) is 10.1 Å². The highest BCUT2D eigenvalue weighted by atomic mass is 16.6. The second kappa shape index (κ2) is 5.83. The van der Waals surface area contributed by atoms with Crippen LogP contribution in [0.3, 0.4) is 0 Å². The molecule has 4 heteroatoms. The van der Waals surface area contributed by atoms with Gasteiger partial charge in [-0.05, 0) is 12.1 Å². The predicted molar refractivity (Wildman–Crippen MR) is 98.0 cm³/mol. The first-order valence-corrected chi connectivity index (χ1v) is 7.86. The van der Waals surface area contributed by atoms with Gasteiger partial charge in [0.15, 0.2) is 5.78 Å². The van der Waals surface area contributed by atoms with E-state index in [1.807, 2.05) is 18.2 Å². The number of carbonyl (C=O) groups excluding carboxylic acids is 1. The molecule has 0 N–H and O–H groups in total. The van der Waals surface area contributed by atoms with E-state index in [9.17, 15) is 14.9 Å². The third kappa shape index (κ3) is 2.35. The molecule has 4 aromatic rings. The molecule has 0 fully saturated rings. The van der Waals surface area contributed by atoms with Crippen LogP contribution < -0.4 is 0 Å². The smallest absolute Gasteiger partial charge is 0.284 e. The highest BCUT2D eigenvalue weighted by Crippen LogP contribution is 2.38. The molecule has 120 valence electrons. The second-order valence-corrected chi connectivity index (χ2v) is 5.77. The maximum absolute atomic E-state index is 13.2. The van der Waals surface area contributed by atoms with Crippen LogP contribution >= 0.6 is 0 Å². The molecule has 0 aliphatic rings. The van der Waals surface area contributed by atoms with Crippen LogP contribution in [0.4, 0.5) is 5.69 Å². The first kappa shape index (κ1) is 15.0. The number of nitro benzene ring substituents is 1. The van der Waals surface area contributed by atoms with Gasteiger partial charge in [0.05, 0.1) is 15.7 Å². The molecule has 0 saturated carbocycles. The van der Waals surface area contributed by atoms with Crippen LogP contribution in [0.2, 0.25) is 0 Å². The first-order valence-electron chi connectivity index (χ1n) is 7.86. The Kier molecular flexibility index (Phi) is 3.51. The molecule has 0 radical (unpaired) electrons. The zero-order valence-electron chi connectivity index (χ0n) is 13.2. The van der Waals surface area contributed by atoms with Gasteiger partial charge in [0.1, 0.15) is 0 Å². The van der Waals surface area contributed by atoms with Gasteiger partial charge in [-0.1, -0.05) is 66.7 Å². The van der Waals surface area contributed by atoms with E-state index < -0.39 is 0 Å². The van der Waals surface area contributed by atoms with Crippen LogP contribution in [-0.2, 0) is 0 Å². The molecule has 0 saturated heterocycles. The summed E-state index contributed by atoms with van der Waals surface area (Å²) in [6, 6.07) is 23.0. The molecule has 0 atom stereocenters. The van der Waals surface area contributed by atoms with Gasteiger partial charge >= 0.3 is 0 Å². The highest BCUT2D eigenvalue weighted by Gasteiger charge is 2.24. The Labute approximate surface area is 143 Å². The van der Waals surface area contributed by atoms with Gasteiger partial charge in [-0.15, -0.1) is 0 Å². The summed E-state index contributed by atoms with van der Waals surface area (Å²) in [5, 5.41) is 13.9. The Morgan fingerprint density at radius 2 is 1.12 bits per heavy atom. The topological polar surface area (TPSA) is 60.2 Å². The van der Waals surface area contributed by atoms with Gasteiger partial charge in [0.25, 0.3) is 5.69 Å². The first-order chi connectivity index (χ1) is 12.2. The lowest BCUT2D eigenvalue weighted by molar-refractivity contribution is -0.381. The molecule has 0 bridgehead atoms. The van der Waals surface area contributed by atoms with Gasteiger partial charge in [-0.25, -0.2) is 0 Å². The fourth-order valence-corrected chi connectivity index (χ4v) is 3.28. The van der Waals surface area contributed by atoms with E-state index in [0.717, 1.165) is 0 Å². The van der Waals surface area contributed by atoms with Crippen molar-refractivity contribution in [1.29, 1.82) is 0 Å². The molecule has 0 aliphatic heterocycles. The van der Waals surface area contributed by atoms with Crippen LogP contribution in [-0.4, -0.2) is 10.7 Å². The molecule has 4 nitrogen and oxygen atoms in total. The zero-order chi connectivity index (χ0) is 17.4. The van der Waals surface area contributed by atoms with Gasteiger partial charge in [-0.3, -0.25) is 14.9 Å². The van der Waals surface area contributed by atoms with Crippen molar-refractivity contribution in [3.63, 3.8) is 0 Å². The lowest BCUT2D eigenvalue weighted by Crippen LogP contribution is -2.05. The lowest BCUT2D eigenvalue weighted by Gasteiger charge is -2.12. The van der Waals surface area contributed by atoms with E-state index in [1.54, 1.807) is 60.7 Å². The summed E-state index contributed by atoms with van der Waals surface area (Å²) < 4.78 is 0. The molecule has 4 aromatic carbocycles. The minimum Gasteiger partial charge on any atom is -0.289 e. The molecule has 4 rings (SSSR count). The molecule has 0 aliphatic carbocycles. The monoisotopic (exact) mass is 327 g/mol. The quantitative estimate of drug-likeness (QED) is 0.227. The number of benzene rings is 4. The number of nitro groups is 1. The summed E-state index contributed by atoms with van der Waals surface area (Å²) in [6.45, 7) is 0. The highest BCUT2D eigenvalue weighted by molar-refractivity contribution is 6.27. The third-order valence-electron chi connectivity index (χ3n) is 4.35. The summed E-state index contributed by atoms with van der Waals surface area (Å²) in [4.78, 5) is 24.5. The van der Waals surface area contributed by atoms with Crippen LogP contribution in [0.15, 0.2) is 78.9 Å². The van der Waals surface area contributed by atoms with E-state index in [4.69, 9.17) is 0 Å². The van der Waals surface area contributed by atoms with Crippen LogP contribution in [0.1, 0.15) is 15.9 Å². The average molecular weight is 327 g/mol. The maximum atomic E-state index is 13.2. The zero-order valence-corrected chi connectivity index (χ0v) is 13.2. The minimum atomic E-state index is -0.374. The van der Waals surface area contributed by atoms with E-state index in [-0.39, 0.29) is 16.4 Å². The molecular weight excluding hydrogens is 314 g/mol. The molecule has 25 heavy (non-hydrogen) atoms. The van der Waals surface area contributed by atoms with Crippen molar-refractivity contribution in [3.8, 4) is 0 Å². The van der Waals surface area contributed by atoms with Crippen molar-refractivity contribution in [2.75, 3.05) is 0 Å². The Hall–Kier alpha value is -3.53. The summed E-state index contributed by atoms with van der Waals surface area (Å²) >= 11 is 0. The standard InChI is InChI=1S/C21H13NO3/c23-21(14-8-2-1-3-9-14)19-15-10-4-6-12-17(15)20(22(24)25)18-13-7-5-11-16(18)19/h1-13H. The predicted octanol–water partition coefficient (Wildman–Crippen LogP) is 5.13. The number of nitrogens with zero attached hydrogens (tertiary/aromatic N) is 1. The van der Waals surface area contributed by atoms with E-state index >= 15 is 0 Å². The summed E-state index contributed by atoms with van der Waals surface area (Å²) in [5.74, 6) is -0.136. The summed E-state index contributed by atoms with van der Waals surface area (Å²) in [6.07, 6.45) is 0. The largest absolute Gasteiger partial charge is 0.289 e. The average Bonchev–Trinajstić information content (AvgIpc) is 2.65. The number of non-ortho nitro benzene ring substituents is 1. The summed E-state index contributed by atoms with van der Waals surface area (Å²) in [5.41, 5.74) is 1.10. The SMILES string of the molecule is O=C(c1ccccc1)c1c2ccccc2c([N+](=O)[O-])c2ccccc12. The van der Waals surface area contributed by atoms with E-state index in [0.29, 0.717) is 32.7 Å². The van der Waals surface area contributed by atoms with Crippen LogP contribution in [0.5, 0.6) is 0 Å². The lowest BCUT2D eigenvalue weighted by atomic mass is 9.90. The number of carbonyl (C=O) groups is 1. The van der Waals surface area contributed by atoms with Crippen molar-refractivity contribution in [2.45, 2.75) is 0 Å². The Bertz CT molecular complexity index is 1080. The van der Waals surface area contributed by atoms with Crippen molar-refractivity contribution in [1.82, 2.24) is 0 Å². The van der Waals surface area contributed by atoms with Gasteiger partial charge in [0, 0.05) is 21.9 Å². The fraction of sp³-hybridized carbons (Fsp3) is 0. The van der Waals surface area contributed by atoms with Gasteiger partial charge < -0.3 is 0 Å². The normalized spacial score (nSPS) is 10.9. The molecule has 0 amide bonds. The number of ketones is 1. The molecule has 0 spiro atoms. The number of hydrogen-bond acceptors (Lipinski definition) is 3. The molecular formula is C21H13NO3. The molecule has 0 aromatic heterocycles. The maximum Gasteiger partial charge on any atom is 0.284 e. The van der Waals surface area contributed by atoms with Gasteiger partial charge in [-0.2, -0.15) is 0 Å². The number of rotatable bonds is 3. The van der Waals surface area contributed by atoms with Gasteiger partial charge in [0.2, 0.25) is 0 Å². The Morgan fingerprint density at radius 1 is 0.680 bits per heavy atom. The third-order valence-corrected chi connectivity index (χ3v) is 4.35. The van der Waals surface area contributed by atoms with Crippen molar-refractivity contribution in [2.24, 2.45) is 0 Å². The summed E-state index contributed by atoms with van der Waals surface area (Å²) in [7, 11) is 0. The molecule has 0 unspecified atom stereocenters. The van der Waals surface area contributed by atoms with E-state index in [2.05, 4.69) is 0 Å². The minimum absolute atomic E-state index is 0.0378. The van der Waals surface area contributed by atoms with Crippen molar-refractivity contribution < 1.29 is 9.72 Å². The van der Waals surface area contributed by atoms with E-state index in [1.165, 1.54) is 0 Å². The van der Waals surface area contributed by atoms with Crippen LogP contribution in [0.25, 0.3) is 21.5 Å². The van der Waals surface area contributed by atoms with Crippen molar-refractivity contribution in [3.05, 3.63) is 100 Å². The number of fused-ring (bicyclic) bond motifs is 2. The number of hydrogen-bond donors (Lipinski definition) is 0. The second-order valence-electron chi connectivity index (χ2n) is 5.77.